The summed E-state index contributed by atoms with van der Waals surface area (Å²) in [6.07, 6.45) is 15.2. The maximum atomic E-state index is 13.5. The van der Waals surface area contributed by atoms with E-state index < -0.39 is 6.10 Å². The van der Waals surface area contributed by atoms with Crippen LogP contribution in [0, 0.1) is 40.3 Å². The van der Waals surface area contributed by atoms with E-state index in [9.17, 15) is 14.3 Å². The van der Waals surface area contributed by atoms with Crippen LogP contribution in [0.4, 0.5) is 4.39 Å². The Morgan fingerprint density at radius 1 is 1.22 bits per heavy atom. The maximum Gasteiger partial charge on any atom is 0.136 e. The van der Waals surface area contributed by atoms with Gasteiger partial charge in [-0.05, 0) is 116 Å². The zero-order valence-corrected chi connectivity index (χ0v) is 22.3. The van der Waals surface area contributed by atoms with Gasteiger partial charge in [0, 0.05) is 12.3 Å². The van der Waals surface area contributed by atoms with Crippen LogP contribution in [0.1, 0.15) is 77.0 Å². The van der Waals surface area contributed by atoms with Crippen LogP contribution in [0.15, 0.2) is 48.2 Å². The number of aliphatic hydroxyl groups excluding tert-OH is 1. The Kier molecular flexibility index (Phi) is 6.06. The summed E-state index contributed by atoms with van der Waals surface area (Å²) in [4.78, 5) is 13.3. The van der Waals surface area contributed by atoms with Gasteiger partial charge in [0.15, 0.2) is 0 Å². The molecule has 0 radical (unpaired) electrons. The Hall–Kier alpha value is -2.53. The van der Waals surface area contributed by atoms with Crippen molar-refractivity contribution < 1.29 is 14.3 Å². The number of allylic oxidation sites excluding steroid dienone is 3. The summed E-state index contributed by atoms with van der Waals surface area (Å²) in [5.74, 6) is 1.36. The number of aliphatic hydroxyl groups is 1. The van der Waals surface area contributed by atoms with Crippen molar-refractivity contribution in [3.63, 3.8) is 0 Å². The third kappa shape index (κ3) is 3.79. The van der Waals surface area contributed by atoms with Crippen molar-refractivity contribution in [1.82, 2.24) is 9.78 Å². The molecule has 0 aliphatic heterocycles. The fourth-order valence-electron chi connectivity index (χ4n) is 9.07. The second-order valence-corrected chi connectivity index (χ2v) is 12.5. The normalized spacial score (nSPS) is 36.5. The van der Waals surface area contributed by atoms with Crippen LogP contribution in [-0.2, 0) is 11.2 Å². The Morgan fingerprint density at radius 3 is 2.76 bits per heavy atom. The lowest BCUT2D eigenvalue weighted by atomic mass is 9.45. The summed E-state index contributed by atoms with van der Waals surface area (Å²) in [6.45, 7) is 6.67. The van der Waals surface area contributed by atoms with Gasteiger partial charge < -0.3 is 5.11 Å². The van der Waals surface area contributed by atoms with E-state index in [1.807, 2.05) is 23.9 Å². The molecule has 37 heavy (non-hydrogen) atoms. The average molecular weight is 503 g/mol. The van der Waals surface area contributed by atoms with Crippen molar-refractivity contribution in [2.24, 2.45) is 34.5 Å². The summed E-state index contributed by atoms with van der Waals surface area (Å²) < 4.78 is 15.4. The molecule has 0 amide bonds. The van der Waals surface area contributed by atoms with Gasteiger partial charge in [-0.2, -0.15) is 5.10 Å². The highest BCUT2D eigenvalue weighted by Gasteiger charge is 2.62. The molecule has 3 fully saturated rings. The molecule has 2 aromatic rings. The topological polar surface area (TPSA) is 55.1 Å². The second-order valence-electron chi connectivity index (χ2n) is 12.5. The monoisotopic (exact) mass is 502 g/mol. The predicted molar refractivity (Wildman–Crippen MR) is 144 cm³/mol. The quantitative estimate of drug-likeness (QED) is 0.463. The van der Waals surface area contributed by atoms with E-state index in [0.717, 1.165) is 56.3 Å². The van der Waals surface area contributed by atoms with Gasteiger partial charge in [-0.25, -0.2) is 9.07 Å². The number of carbonyl (C=O) groups is 1. The Morgan fingerprint density at radius 2 is 2.00 bits per heavy atom. The molecule has 4 aliphatic carbocycles. The highest BCUT2D eigenvalue weighted by atomic mass is 19.1. The van der Waals surface area contributed by atoms with Gasteiger partial charge in [0.2, 0.25) is 0 Å². The van der Waals surface area contributed by atoms with Crippen molar-refractivity contribution in [3.05, 3.63) is 65.3 Å². The Balaban J connectivity index is 1.29. The van der Waals surface area contributed by atoms with Crippen molar-refractivity contribution in [1.29, 1.82) is 0 Å². The van der Waals surface area contributed by atoms with E-state index >= 15 is 0 Å². The summed E-state index contributed by atoms with van der Waals surface area (Å²) in [5.41, 5.74) is 4.34. The van der Waals surface area contributed by atoms with Crippen LogP contribution in [0.25, 0.3) is 11.8 Å². The average Bonchev–Trinajstić information content (AvgIpc) is 3.42. The molecular formula is C32H39FN2O2. The Bertz CT molecular complexity index is 1260. The first kappa shape index (κ1) is 24.8. The lowest BCUT2D eigenvalue weighted by Gasteiger charge is -2.59. The second kappa shape index (κ2) is 9.04. The third-order valence-corrected chi connectivity index (χ3v) is 10.7. The minimum Gasteiger partial charge on any atom is -0.393 e. The third-order valence-electron chi connectivity index (χ3n) is 10.7. The van der Waals surface area contributed by atoms with Gasteiger partial charge in [0.1, 0.15) is 11.6 Å². The number of rotatable bonds is 5. The molecule has 4 nitrogen and oxygen atoms in total. The zero-order valence-electron chi connectivity index (χ0n) is 22.3. The number of halogens is 1. The predicted octanol–water partition coefficient (Wildman–Crippen LogP) is 6.71. The van der Waals surface area contributed by atoms with Crippen LogP contribution in [0.3, 0.4) is 0 Å². The number of hydrogen-bond donors (Lipinski definition) is 1. The fraction of sp³-hybridized carbons (Fsp3) is 0.562. The van der Waals surface area contributed by atoms with Crippen LogP contribution in [0.5, 0.6) is 0 Å². The van der Waals surface area contributed by atoms with E-state index in [1.165, 1.54) is 23.3 Å². The van der Waals surface area contributed by atoms with E-state index in [4.69, 9.17) is 0 Å². The lowest BCUT2D eigenvalue weighted by molar-refractivity contribution is -0.142. The summed E-state index contributed by atoms with van der Waals surface area (Å²) in [6, 6.07) is 6.50. The largest absolute Gasteiger partial charge is 0.393 e. The highest BCUT2D eigenvalue weighted by Crippen LogP contribution is 2.66. The molecule has 4 aliphatic rings. The van der Waals surface area contributed by atoms with E-state index in [2.05, 4.69) is 31.1 Å². The minimum atomic E-state index is -0.405. The molecule has 0 bridgehead atoms. The summed E-state index contributed by atoms with van der Waals surface area (Å²) in [5, 5.41) is 16.5. The van der Waals surface area contributed by atoms with Gasteiger partial charge in [-0.15, -0.1) is 0 Å². The first-order valence-corrected chi connectivity index (χ1v) is 14.1. The number of ketones is 1. The van der Waals surface area contributed by atoms with Gasteiger partial charge >= 0.3 is 0 Å². The van der Waals surface area contributed by atoms with Crippen LogP contribution < -0.4 is 0 Å². The van der Waals surface area contributed by atoms with E-state index in [1.54, 1.807) is 12.1 Å². The molecule has 196 valence electrons. The SMILES string of the molecule is C/C=C/CCC(=O)C1CCC2C3CCC4=Cc5c(cnn5-c5ccc(F)cc5)CC4(C)C3C(O)CC12C. The number of nitrogens with zero attached hydrogens (tertiary/aromatic N) is 2. The van der Waals surface area contributed by atoms with Gasteiger partial charge in [-0.1, -0.05) is 31.6 Å². The molecule has 0 spiro atoms. The number of fused-ring (bicyclic) bond motifs is 6. The van der Waals surface area contributed by atoms with Crippen molar-refractivity contribution >= 4 is 11.9 Å². The number of carbonyl (C=O) groups excluding carboxylic acids is 1. The van der Waals surface area contributed by atoms with Crippen molar-refractivity contribution in [2.75, 3.05) is 0 Å². The number of aromatic nitrogens is 2. The van der Waals surface area contributed by atoms with Crippen LogP contribution in [-0.4, -0.2) is 26.8 Å². The molecule has 1 aromatic carbocycles. The van der Waals surface area contributed by atoms with Crippen LogP contribution >= 0.6 is 0 Å². The molecule has 5 heteroatoms. The number of hydrogen-bond acceptors (Lipinski definition) is 3. The van der Waals surface area contributed by atoms with Gasteiger partial charge in [-0.3, -0.25) is 4.79 Å². The molecule has 0 saturated heterocycles. The van der Waals surface area contributed by atoms with E-state index in [0.29, 0.717) is 24.0 Å². The smallest absolute Gasteiger partial charge is 0.136 e. The first-order chi connectivity index (χ1) is 17.8. The molecule has 7 unspecified atom stereocenters. The molecular weight excluding hydrogens is 463 g/mol. The van der Waals surface area contributed by atoms with E-state index in [-0.39, 0.29) is 28.5 Å². The van der Waals surface area contributed by atoms with Crippen LogP contribution in [0.2, 0.25) is 0 Å². The Labute approximate surface area is 219 Å². The standard InChI is InChI=1S/C32H39FN2O2/c1-4-5-6-7-28(36)26-15-14-25-24-13-8-21-16-27-20(19-34-35(27)23-11-9-22(33)10-12-23)17-31(21,2)30(24)29(37)18-32(25,26)3/h4-5,9-12,16,19,24-26,29-30,37H,6-8,13-15,17-18H2,1-3H3/b5-4+. The fourth-order valence-corrected chi connectivity index (χ4v) is 9.07. The van der Waals surface area contributed by atoms with Crippen molar-refractivity contribution in [2.45, 2.75) is 78.2 Å². The summed E-state index contributed by atoms with van der Waals surface area (Å²) in [7, 11) is 0. The van der Waals surface area contributed by atoms with Crippen molar-refractivity contribution in [3.8, 4) is 5.69 Å². The molecule has 3 saturated carbocycles. The van der Waals surface area contributed by atoms with Gasteiger partial charge in [0.25, 0.3) is 0 Å². The summed E-state index contributed by atoms with van der Waals surface area (Å²) >= 11 is 0. The first-order valence-electron chi connectivity index (χ1n) is 14.1. The number of benzene rings is 1. The van der Waals surface area contributed by atoms with Gasteiger partial charge in [0.05, 0.1) is 23.7 Å². The molecule has 1 heterocycles. The maximum absolute atomic E-state index is 13.5. The highest BCUT2D eigenvalue weighted by molar-refractivity contribution is 5.82. The molecule has 1 aromatic heterocycles. The molecule has 1 N–H and O–H groups in total. The minimum absolute atomic E-state index is 0.0787. The molecule has 7 atom stereocenters. The lowest BCUT2D eigenvalue weighted by Crippen LogP contribution is -2.57. The zero-order chi connectivity index (χ0) is 25.9. The molecule has 6 rings (SSSR count). The number of Topliss-reactive ketones (excluding diaryl/α,β-unsaturated/α-hetero) is 1.